The largest absolute Gasteiger partial charge is 0.495 e. The van der Waals surface area contributed by atoms with Gasteiger partial charge in [0.1, 0.15) is 11.5 Å². The van der Waals surface area contributed by atoms with E-state index in [1.54, 1.807) is 32.2 Å². The van der Waals surface area contributed by atoms with Gasteiger partial charge in [0.15, 0.2) is 0 Å². The summed E-state index contributed by atoms with van der Waals surface area (Å²) >= 11 is 5.94. The molecule has 106 valence electrons. The van der Waals surface area contributed by atoms with Crippen molar-refractivity contribution in [1.82, 2.24) is 0 Å². The summed E-state index contributed by atoms with van der Waals surface area (Å²) in [6, 6.07) is 6.74. The van der Waals surface area contributed by atoms with Gasteiger partial charge in [-0.05, 0) is 31.2 Å². The van der Waals surface area contributed by atoms with Crippen LogP contribution in [0, 0.1) is 6.92 Å². The number of hydrogen-bond acceptors (Lipinski definition) is 4. The zero-order valence-corrected chi connectivity index (χ0v) is 11.8. The van der Waals surface area contributed by atoms with Crippen LogP contribution in [0.4, 0.5) is 5.69 Å². The quantitative estimate of drug-likeness (QED) is 0.882. The van der Waals surface area contributed by atoms with Crippen LogP contribution in [0.3, 0.4) is 0 Å². The van der Waals surface area contributed by atoms with Crippen molar-refractivity contribution in [2.45, 2.75) is 13.5 Å². The molecule has 0 unspecified atom stereocenters. The Balaban J connectivity index is 2.16. The lowest BCUT2D eigenvalue weighted by molar-refractivity contribution is 0.0661. The van der Waals surface area contributed by atoms with Crippen molar-refractivity contribution in [2.24, 2.45) is 0 Å². The second-order valence-electron chi connectivity index (χ2n) is 4.20. The SMILES string of the molecule is COc1ccc(Cl)cc1NCc1cc(C(=O)O)oc1C. The first-order valence-corrected chi connectivity index (χ1v) is 6.29. The summed E-state index contributed by atoms with van der Waals surface area (Å²) < 4.78 is 10.4. The fourth-order valence-corrected chi connectivity index (χ4v) is 1.98. The first-order valence-electron chi connectivity index (χ1n) is 5.91. The number of hydrogen-bond donors (Lipinski definition) is 2. The topological polar surface area (TPSA) is 71.7 Å². The Hall–Kier alpha value is -2.14. The van der Waals surface area contributed by atoms with E-state index in [2.05, 4.69) is 5.32 Å². The maximum absolute atomic E-state index is 10.8. The Morgan fingerprint density at radius 3 is 2.80 bits per heavy atom. The molecule has 0 fully saturated rings. The maximum Gasteiger partial charge on any atom is 0.371 e. The van der Waals surface area contributed by atoms with Crippen LogP contribution in [-0.2, 0) is 6.54 Å². The second kappa shape index (κ2) is 5.88. The van der Waals surface area contributed by atoms with Gasteiger partial charge in [-0.3, -0.25) is 0 Å². The molecule has 6 heteroatoms. The van der Waals surface area contributed by atoms with E-state index in [-0.39, 0.29) is 5.76 Å². The first kappa shape index (κ1) is 14.3. The summed E-state index contributed by atoms with van der Waals surface area (Å²) in [6.45, 7) is 2.14. The summed E-state index contributed by atoms with van der Waals surface area (Å²) in [7, 11) is 1.57. The molecule has 1 aromatic carbocycles. The van der Waals surface area contributed by atoms with Crippen LogP contribution in [0.25, 0.3) is 0 Å². The molecular formula is C14H14ClNO4. The van der Waals surface area contributed by atoms with Crippen molar-refractivity contribution in [3.8, 4) is 5.75 Å². The van der Waals surface area contributed by atoms with Crippen molar-refractivity contribution >= 4 is 23.3 Å². The van der Waals surface area contributed by atoms with Crippen molar-refractivity contribution in [1.29, 1.82) is 0 Å². The van der Waals surface area contributed by atoms with E-state index in [1.807, 2.05) is 0 Å². The molecule has 5 nitrogen and oxygen atoms in total. The molecule has 1 heterocycles. The number of aryl methyl sites for hydroxylation is 1. The lowest BCUT2D eigenvalue weighted by Crippen LogP contribution is -2.01. The van der Waals surface area contributed by atoms with E-state index in [0.717, 1.165) is 11.3 Å². The Kier molecular flexibility index (Phi) is 4.20. The molecule has 0 bridgehead atoms. The lowest BCUT2D eigenvalue weighted by Gasteiger charge is -2.11. The summed E-state index contributed by atoms with van der Waals surface area (Å²) in [6.07, 6.45) is 0. The highest BCUT2D eigenvalue weighted by Gasteiger charge is 2.13. The minimum atomic E-state index is -1.08. The summed E-state index contributed by atoms with van der Waals surface area (Å²) in [5, 5.41) is 12.6. The summed E-state index contributed by atoms with van der Waals surface area (Å²) in [5.41, 5.74) is 1.50. The van der Waals surface area contributed by atoms with Gasteiger partial charge in [-0.2, -0.15) is 0 Å². The van der Waals surface area contributed by atoms with Gasteiger partial charge in [-0.25, -0.2) is 4.79 Å². The van der Waals surface area contributed by atoms with Gasteiger partial charge in [0.05, 0.1) is 12.8 Å². The molecule has 0 amide bonds. The molecule has 2 rings (SSSR count). The number of anilines is 1. The predicted molar refractivity (Wildman–Crippen MR) is 75.7 cm³/mol. The van der Waals surface area contributed by atoms with Crippen molar-refractivity contribution < 1.29 is 19.1 Å². The van der Waals surface area contributed by atoms with E-state index >= 15 is 0 Å². The lowest BCUT2D eigenvalue weighted by atomic mass is 10.2. The molecule has 1 aromatic heterocycles. The van der Waals surface area contributed by atoms with Crippen molar-refractivity contribution in [2.75, 3.05) is 12.4 Å². The Morgan fingerprint density at radius 2 is 2.20 bits per heavy atom. The second-order valence-corrected chi connectivity index (χ2v) is 4.63. The molecule has 0 saturated heterocycles. The molecular weight excluding hydrogens is 282 g/mol. The molecule has 0 aliphatic rings. The number of nitrogens with one attached hydrogen (secondary N) is 1. The standard InChI is InChI=1S/C14H14ClNO4/c1-8-9(5-13(20-8)14(17)18)7-16-11-6-10(15)3-4-12(11)19-2/h3-6,16H,7H2,1-2H3,(H,17,18). The van der Waals surface area contributed by atoms with Gasteiger partial charge in [-0.15, -0.1) is 0 Å². The van der Waals surface area contributed by atoms with Gasteiger partial charge >= 0.3 is 5.97 Å². The van der Waals surface area contributed by atoms with Crippen LogP contribution < -0.4 is 10.1 Å². The molecule has 0 saturated carbocycles. The van der Waals surface area contributed by atoms with Crippen LogP contribution in [0.15, 0.2) is 28.7 Å². The maximum atomic E-state index is 10.8. The predicted octanol–water partition coefficient (Wildman–Crippen LogP) is 3.56. The number of carbonyl (C=O) groups is 1. The third-order valence-corrected chi connectivity index (χ3v) is 3.10. The Morgan fingerprint density at radius 1 is 1.45 bits per heavy atom. The number of ether oxygens (including phenoxy) is 1. The van der Waals surface area contributed by atoms with Crippen LogP contribution >= 0.6 is 11.6 Å². The molecule has 0 atom stereocenters. The average Bonchev–Trinajstić information content (AvgIpc) is 2.78. The molecule has 20 heavy (non-hydrogen) atoms. The van der Waals surface area contributed by atoms with Gasteiger partial charge in [0.2, 0.25) is 5.76 Å². The minimum Gasteiger partial charge on any atom is -0.495 e. The molecule has 2 aromatic rings. The highest BCUT2D eigenvalue weighted by atomic mass is 35.5. The van der Waals surface area contributed by atoms with Gasteiger partial charge in [-0.1, -0.05) is 11.6 Å². The van der Waals surface area contributed by atoms with E-state index in [9.17, 15) is 4.79 Å². The van der Waals surface area contributed by atoms with E-state index in [4.69, 9.17) is 25.9 Å². The molecule has 0 radical (unpaired) electrons. The van der Waals surface area contributed by atoms with Gasteiger partial charge in [0.25, 0.3) is 0 Å². The highest BCUT2D eigenvalue weighted by molar-refractivity contribution is 6.30. The van der Waals surface area contributed by atoms with Crippen LogP contribution in [0.5, 0.6) is 5.75 Å². The third kappa shape index (κ3) is 3.05. The average molecular weight is 296 g/mol. The molecule has 0 aliphatic heterocycles. The Bertz CT molecular complexity index is 636. The smallest absolute Gasteiger partial charge is 0.371 e. The number of aromatic carboxylic acids is 1. The summed E-state index contributed by atoms with van der Waals surface area (Å²) in [4.78, 5) is 10.8. The zero-order chi connectivity index (χ0) is 14.7. The van der Waals surface area contributed by atoms with E-state index < -0.39 is 5.97 Å². The normalized spacial score (nSPS) is 10.3. The fraction of sp³-hybridized carbons (Fsp3) is 0.214. The number of carboxylic acids is 1. The number of benzene rings is 1. The molecule has 0 aliphatic carbocycles. The van der Waals surface area contributed by atoms with E-state index in [0.29, 0.717) is 23.1 Å². The van der Waals surface area contributed by atoms with Gasteiger partial charge < -0.3 is 19.6 Å². The first-order chi connectivity index (χ1) is 9.51. The van der Waals surface area contributed by atoms with Crippen LogP contribution in [0.2, 0.25) is 5.02 Å². The Labute approximate surface area is 121 Å². The number of furan rings is 1. The third-order valence-electron chi connectivity index (χ3n) is 2.86. The van der Waals surface area contributed by atoms with Crippen LogP contribution in [-0.4, -0.2) is 18.2 Å². The van der Waals surface area contributed by atoms with Gasteiger partial charge in [0, 0.05) is 17.1 Å². The zero-order valence-electron chi connectivity index (χ0n) is 11.1. The molecule has 2 N–H and O–H groups in total. The highest BCUT2D eigenvalue weighted by Crippen LogP contribution is 2.28. The monoisotopic (exact) mass is 295 g/mol. The van der Waals surface area contributed by atoms with Crippen molar-refractivity contribution in [3.63, 3.8) is 0 Å². The molecule has 0 spiro atoms. The van der Waals surface area contributed by atoms with Crippen LogP contribution in [0.1, 0.15) is 21.9 Å². The minimum absolute atomic E-state index is 0.0719. The van der Waals surface area contributed by atoms with E-state index in [1.165, 1.54) is 6.07 Å². The number of halogens is 1. The number of carboxylic acid groups (broad SMARTS) is 1. The van der Waals surface area contributed by atoms with Crippen molar-refractivity contribution in [3.05, 3.63) is 46.4 Å². The fourth-order valence-electron chi connectivity index (χ4n) is 1.81. The number of methoxy groups -OCH3 is 1. The number of rotatable bonds is 5. The summed E-state index contributed by atoms with van der Waals surface area (Å²) in [5.74, 6) is 0.0712.